The standard InChI is InChI=1S/C18H23N3O3/c1-21(2)16(13-7-9-14(23-3)10-8-13)12-20-17(22)15-6-5-11-19-18(15)24-4/h5-11,16H,12H2,1-4H3,(H,20,22). The first kappa shape index (κ1) is 17.7. The maximum atomic E-state index is 12.4. The van der Waals surface area contributed by atoms with Crippen molar-refractivity contribution in [1.29, 1.82) is 0 Å². The van der Waals surface area contributed by atoms with Gasteiger partial charge in [0.05, 0.1) is 20.3 Å². The molecule has 1 atom stereocenters. The van der Waals surface area contributed by atoms with Gasteiger partial charge in [-0.25, -0.2) is 4.98 Å². The monoisotopic (exact) mass is 329 g/mol. The number of aromatic nitrogens is 1. The van der Waals surface area contributed by atoms with E-state index in [1.807, 2.05) is 38.4 Å². The summed E-state index contributed by atoms with van der Waals surface area (Å²) < 4.78 is 10.3. The molecule has 6 nitrogen and oxygen atoms in total. The van der Waals surface area contributed by atoms with E-state index in [-0.39, 0.29) is 11.9 Å². The van der Waals surface area contributed by atoms with Gasteiger partial charge in [0.25, 0.3) is 5.91 Å². The molecule has 0 aliphatic heterocycles. The third-order valence-corrected chi connectivity index (χ3v) is 3.79. The number of hydrogen-bond donors (Lipinski definition) is 1. The van der Waals surface area contributed by atoms with E-state index in [0.29, 0.717) is 18.0 Å². The number of amides is 1. The maximum Gasteiger partial charge on any atom is 0.256 e. The second kappa shape index (κ2) is 8.31. The number of hydrogen-bond acceptors (Lipinski definition) is 5. The lowest BCUT2D eigenvalue weighted by molar-refractivity contribution is 0.0938. The number of pyridine rings is 1. The predicted octanol–water partition coefficient (Wildman–Crippen LogP) is 2.13. The molecule has 0 radical (unpaired) electrons. The normalized spacial score (nSPS) is 11.9. The number of nitrogens with one attached hydrogen (secondary N) is 1. The quantitative estimate of drug-likeness (QED) is 0.843. The fourth-order valence-corrected chi connectivity index (χ4v) is 2.44. The van der Waals surface area contributed by atoms with Crippen LogP contribution in [0.2, 0.25) is 0 Å². The van der Waals surface area contributed by atoms with Gasteiger partial charge in [0.2, 0.25) is 5.88 Å². The van der Waals surface area contributed by atoms with Gasteiger partial charge in [-0.05, 0) is 43.9 Å². The highest BCUT2D eigenvalue weighted by atomic mass is 16.5. The smallest absolute Gasteiger partial charge is 0.256 e. The molecule has 0 aliphatic carbocycles. The summed E-state index contributed by atoms with van der Waals surface area (Å²) in [5, 5.41) is 2.95. The zero-order valence-corrected chi connectivity index (χ0v) is 14.4. The number of carbonyl (C=O) groups excluding carboxylic acids is 1. The van der Waals surface area contributed by atoms with Crippen molar-refractivity contribution in [2.45, 2.75) is 6.04 Å². The zero-order valence-electron chi connectivity index (χ0n) is 14.4. The molecule has 0 spiro atoms. The fraction of sp³-hybridized carbons (Fsp3) is 0.333. The van der Waals surface area contributed by atoms with Crippen LogP contribution in [0.3, 0.4) is 0 Å². The molecule has 2 aromatic rings. The minimum absolute atomic E-state index is 0.0440. The predicted molar refractivity (Wildman–Crippen MR) is 92.5 cm³/mol. The van der Waals surface area contributed by atoms with E-state index in [0.717, 1.165) is 11.3 Å². The van der Waals surface area contributed by atoms with E-state index in [1.54, 1.807) is 25.4 Å². The number of likely N-dealkylation sites (N-methyl/N-ethyl adjacent to an activating group) is 1. The summed E-state index contributed by atoms with van der Waals surface area (Å²) >= 11 is 0. The minimum atomic E-state index is -0.208. The molecule has 0 aliphatic rings. The lowest BCUT2D eigenvalue weighted by Crippen LogP contribution is -2.34. The van der Waals surface area contributed by atoms with Crippen LogP contribution in [0.15, 0.2) is 42.6 Å². The van der Waals surface area contributed by atoms with Crippen LogP contribution >= 0.6 is 0 Å². The summed E-state index contributed by atoms with van der Waals surface area (Å²) in [4.78, 5) is 18.5. The fourth-order valence-electron chi connectivity index (χ4n) is 2.44. The van der Waals surface area contributed by atoms with E-state index in [9.17, 15) is 4.79 Å². The van der Waals surface area contributed by atoms with E-state index < -0.39 is 0 Å². The van der Waals surface area contributed by atoms with Crippen molar-refractivity contribution in [2.75, 3.05) is 34.9 Å². The van der Waals surface area contributed by atoms with Gasteiger partial charge in [-0.1, -0.05) is 12.1 Å². The Balaban J connectivity index is 2.09. The Kier molecular flexibility index (Phi) is 6.14. The molecule has 6 heteroatoms. The largest absolute Gasteiger partial charge is 0.497 e. The molecule has 1 unspecified atom stereocenters. The molecule has 2 rings (SSSR count). The van der Waals surface area contributed by atoms with Crippen molar-refractivity contribution in [2.24, 2.45) is 0 Å². The van der Waals surface area contributed by atoms with E-state index in [1.165, 1.54) is 7.11 Å². The molecule has 0 fully saturated rings. The summed E-state index contributed by atoms with van der Waals surface area (Å²) in [5.41, 5.74) is 1.52. The summed E-state index contributed by atoms with van der Waals surface area (Å²) in [5.74, 6) is 0.918. The van der Waals surface area contributed by atoms with Gasteiger partial charge in [-0.15, -0.1) is 0 Å². The molecule has 24 heavy (non-hydrogen) atoms. The van der Waals surface area contributed by atoms with Crippen molar-refractivity contribution >= 4 is 5.91 Å². The van der Waals surface area contributed by atoms with Crippen molar-refractivity contribution < 1.29 is 14.3 Å². The molecule has 1 aromatic heterocycles. The highest BCUT2D eigenvalue weighted by Gasteiger charge is 2.18. The molecule has 1 amide bonds. The molecule has 1 N–H and O–H groups in total. The molecular weight excluding hydrogens is 306 g/mol. The van der Waals surface area contributed by atoms with Gasteiger partial charge in [0.15, 0.2) is 0 Å². The number of rotatable bonds is 7. The van der Waals surface area contributed by atoms with Crippen LogP contribution in [0, 0.1) is 0 Å². The Hall–Kier alpha value is -2.60. The number of methoxy groups -OCH3 is 2. The third kappa shape index (κ3) is 4.23. The number of ether oxygens (including phenoxy) is 2. The molecular formula is C18H23N3O3. The van der Waals surface area contributed by atoms with Crippen molar-refractivity contribution in [3.05, 3.63) is 53.7 Å². The number of benzene rings is 1. The SMILES string of the molecule is COc1ccc(C(CNC(=O)c2cccnc2OC)N(C)C)cc1. The second-order valence-corrected chi connectivity index (χ2v) is 5.52. The number of carbonyl (C=O) groups is 1. The molecule has 128 valence electrons. The Morgan fingerprint density at radius 2 is 1.88 bits per heavy atom. The van der Waals surface area contributed by atoms with Crippen LogP contribution < -0.4 is 14.8 Å². The van der Waals surface area contributed by atoms with E-state index >= 15 is 0 Å². The zero-order chi connectivity index (χ0) is 17.5. The van der Waals surface area contributed by atoms with Crippen LogP contribution in [-0.2, 0) is 0 Å². The highest BCUT2D eigenvalue weighted by Crippen LogP contribution is 2.21. The first-order valence-electron chi connectivity index (χ1n) is 7.64. The Labute approximate surface area is 142 Å². The molecule has 1 aromatic carbocycles. The lowest BCUT2D eigenvalue weighted by atomic mass is 10.1. The van der Waals surface area contributed by atoms with Gasteiger partial charge in [-0.2, -0.15) is 0 Å². The maximum absolute atomic E-state index is 12.4. The highest BCUT2D eigenvalue weighted by molar-refractivity contribution is 5.96. The Bertz CT molecular complexity index is 671. The van der Waals surface area contributed by atoms with Crippen molar-refractivity contribution in [3.8, 4) is 11.6 Å². The van der Waals surface area contributed by atoms with Crippen molar-refractivity contribution in [1.82, 2.24) is 15.2 Å². The minimum Gasteiger partial charge on any atom is -0.497 e. The van der Waals surface area contributed by atoms with Crippen LogP contribution in [-0.4, -0.2) is 50.7 Å². The van der Waals surface area contributed by atoms with Gasteiger partial charge < -0.3 is 19.7 Å². The summed E-state index contributed by atoms with van der Waals surface area (Å²) in [7, 11) is 7.09. The Morgan fingerprint density at radius 3 is 2.46 bits per heavy atom. The van der Waals surface area contributed by atoms with E-state index in [2.05, 4.69) is 15.2 Å². The average molecular weight is 329 g/mol. The first-order valence-corrected chi connectivity index (χ1v) is 7.64. The van der Waals surface area contributed by atoms with Crippen molar-refractivity contribution in [3.63, 3.8) is 0 Å². The molecule has 1 heterocycles. The molecule has 0 saturated carbocycles. The summed E-state index contributed by atoms with van der Waals surface area (Å²) in [6, 6.07) is 11.3. The van der Waals surface area contributed by atoms with Gasteiger partial charge in [0, 0.05) is 12.7 Å². The Morgan fingerprint density at radius 1 is 1.17 bits per heavy atom. The molecule has 0 bridgehead atoms. The third-order valence-electron chi connectivity index (χ3n) is 3.79. The van der Waals surface area contributed by atoms with Gasteiger partial charge in [-0.3, -0.25) is 4.79 Å². The van der Waals surface area contributed by atoms with Gasteiger partial charge in [0.1, 0.15) is 11.3 Å². The second-order valence-electron chi connectivity index (χ2n) is 5.52. The topological polar surface area (TPSA) is 63.7 Å². The average Bonchev–Trinajstić information content (AvgIpc) is 2.61. The molecule has 0 saturated heterocycles. The van der Waals surface area contributed by atoms with Crippen LogP contribution in [0.25, 0.3) is 0 Å². The summed E-state index contributed by atoms with van der Waals surface area (Å²) in [6.45, 7) is 0.468. The van der Waals surface area contributed by atoms with Crippen LogP contribution in [0.1, 0.15) is 22.0 Å². The van der Waals surface area contributed by atoms with Crippen LogP contribution in [0.5, 0.6) is 11.6 Å². The first-order chi connectivity index (χ1) is 11.6. The van der Waals surface area contributed by atoms with Gasteiger partial charge >= 0.3 is 0 Å². The number of nitrogens with zero attached hydrogens (tertiary/aromatic N) is 2. The lowest BCUT2D eigenvalue weighted by Gasteiger charge is -2.25. The summed E-state index contributed by atoms with van der Waals surface area (Å²) in [6.07, 6.45) is 1.59. The van der Waals surface area contributed by atoms with Crippen LogP contribution in [0.4, 0.5) is 0 Å². The van der Waals surface area contributed by atoms with E-state index in [4.69, 9.17) is 9.47 Å².